The highest BCUT2D eigenvalue weighted by Gasteiger charge is 2.30. The molecule has 14 heavy (non-hydrogen) atoms. The maximum atomic E-state index is 12.7. The molecule has 2 nitrogen and oxygen atoms in total. The zero-order valence-electron chi connectivity index (χ0n) is 7.67. The van der Waals surface area contributed by atoms with Gasteiger partial charge in [0.25, 0.3) is 5.92 Å². The van der Waals surface area contributed by atoms with Crippen molar-refractivity contribution in [3.8, 4) is 0 Å². The van der Waals surface area contributed by atoms with Crippen molar-refractivity contribution >= 4 is 15.9 Å². The molecule has 5 heteroatoms. The van der Waals surface area contributed by atoms with Crippen LogP contribution < -0.4 is 5.73 Å². The number of hydrogen-bond acceptors (Lipinski definition) is 2. The summed E-state index contributed by atoms with van der Waals surface area (Å²) >= 11 is 3.21. The molecule has 0 radical (unpaired) electrons. The molecule has 0 saturated heterocycles. The summed E-state index contributed by atoms with van der Waals surface area (Å²) in [4.78, 5) is 3.97. The van der Waals surface area contributed by atoms with Gasteiger partial charge in [-0.1, -0.05) is 0 Å². The summed E-state index contributed by atoms with van der Waals surface area (Å²) in [7, 11) is 0. The smallest absolute Gasteiger partial charge is 0.260 e. The Labute approximate surface area is 89.6 Å². The second-order valence-electron chi connectivity index (χ2n) is 3.23. The SMILES string of the molecule is CC(F)(F)C(N)Cc1ccc(Br)cn1. The monoisotopic (exact) mass is 264 g/mol. The van der Waals surface area contributed by atoms with Crippen LogP contribution in [-0.4, -0.2) is 16.9 Å². The summed E-state index contributed by atoms with van der Waals surface area (Å²) in [5.41, 5.74) is 5.89. The van der Waals surface area contributed by atoms with Crippen molar-refractivity contribution in [3.63, 3.8) is 0 Å². The second kappa shape index (κ2) is 4.31. The van der Waals surface area contributed by atoms with Gasteiger partial charge in [-0.25, -0.2) is 8.78 Å². The maximum absolute atomic E-state index is 12.7. The minimum Gasteiger partial charge on any atom is -0.322 e. The molecule has 0 saturated carbocycles. The van der Waals surface area contributed by atoms with Crippen LogP contribution in [0.3, 0.4) is 0 Å². The van der Waals surface area contributed by atoms with Gasteiger partial charge in [-0.2, -0.15) is 0 Å². The van der Waals surface area contributed by atoms with E-state index < -0.39 is 12.0 Å². The highest BCUT2D eigenvalue weighted by Crippen LogP contribution is 2.18. The number of pyridine rings is 1. The van der Waals surface area contributed by atoms with Crippen LogP contribution in [0.25, 0.3) is 0 Å². The molecule has 0 aliphatic heterocycles. The van der Waals surface area contributed by atoms with E-state index in [9.17, 15) is 8.78 Å². The lowest BCUT2D eigenvalue weighted by atomic mass is 10.1. The fourth-order valence-electron chi connectivity index (χ4n) is 0.932. The van der Waals surface area contributed by atoms with Crippen LogP contribution in [0.2, 0.25) is 0 Å². The predicted molar refractivity (Wildman–Crippen MR) is 54.2 cm³/mol. The lowest BCUT2D eigenvalue weighted by molar-refractivity contribution is -0.00541. The van der Waals surface area contributed by atoms with Gasteiger partial charge in [0.1, 0.15) is 0 Å². The molecule has 0 aliphatic rings. The summed E-state index contributed by atoms with van der Waals surface area (Å²) in [6.07, 6.45) is 1.65. The van der Waals surface area contributed by atoms with Crippen LogP contribution in [0.5, 0.6) is 0 Å². The molecule has 0 fully saturated rings. The average molecular weight is 265 g/mol. The molecule has 0 bridgehead atoms. The number of nitrogens with two attached hydrogens (primary N) is 1. The third-order valence-corrected chi connectivity index (χ3v) is 2.34. The zero-order chi connectivity index (χ0) is 10.8. The fraction of sp³-hybridized carbons (Fsp3) is 0.444. The molecule has 0 aliphatic carbocycles. The van der Waals surface area contributed by atoms with Gasteiger partial charge in [0.15, 0.2) is 0 Å². The van der Waals surface area contributed by atoms with E-state index >= 15 is 0 Å². The van der Waals surface area contributed by atoms with Gasteiger partial charge in [0, 0.05) is 29.7 Å². The van der Waals surface area contributed by atoms with Crippen LogP contribution >= 0.6 is 15.9 Å². The van der Waals surface area contributed by atoms with Gasteiger partial charge < -0.3 is 5.73 Å². The summed E-state index contributed by atoms with van der Waals surface area (Å²) in [5.74, 6) is -2.87. The van der Waals surface area contributed by atoms with Crippen molar-refractivity contribution in [2.24, 2.45) is 5.73 Å². The highest BCUT2D eigenvalue weighted by molar-refractivity contribution is 9.10. The molecule has 78 valence electrons. The lowest BCUT2D eigenvalue weighted by Crippen LogP contribution is -2.40. The molecule has 0 amide bonds. The molecule has 2 N–H and O–H groups in total. The van der Waals surface area contributed by atoms with Gasteiger partial charge in [-0.3, -0.25) is 4.98 Å². The maximum Gasteiger partial charge on any atom is 0.260 e. The first-order valence-corrected chi connectivity index (χ1v) is 4.92. The van der Waals surface area contributed by atoms with Gasteiger partial charge in [-0.05, 0) is 28.1 Å². The Kier molecular flexibility index (Phi) is 3.55. The zero-order valence-corrected chi connectivity index (χ0v) is 9.26. The average Bonchev–Trinajstić information content (AvgIpc) is 2.07. The van der Waals surface area contributed by atoms with E-state index in [4.69, 9.17) is 5.73 Å². The number of nitrogens with zero attached hydrogens (tertiary/aromatic N) is 1. The topological polar surface area (TPSA) is 38.9 Å². The molecule has 1 aromatic rings. The summed E-state index contributed by atoms with van der Waals surface area (Å²) in [6, 6.07) is 2.25. The summed E-state index contributed by atoms with van der Waals surface area (Å²) in [5, 5.41) is 0. The summed E-state index contributed by atoms with van der Waals surface area (Å²) in [6.45, 7) is 0.816. The Morgan fingerprint density at radius 2 is 2.21 bits per heavy atom. The van der Waals surface area contributed by atoms with E-state index in [0.717, 1.165) is 11.4 Å². The Bertz CT molecular complexity index is 295. The van der Waals surface area contributed by atoms with Crippen molar-refractivity contribution in [1.29, 1.82) is 0 Å². The first-order valence-electron chi connectivity index (χ1n) is 4.13. The van der Waals surface area contributed by atoms with Crippen LogP contribution in [0.4, 0.5) is 8.78 Å². The number of rotatable bonds is 3. The molecule has 1 aromatic heterocycles. The molecular formula is C9H11BrF2N2. The number of hydrogen-bond donors (Lipinski definition) is 1. The normalized spacial score (nSPS) is 14.1. The van der Waals surface area contributed by atoms with Gasteiger partial charge in [0.2, 0.25) is 0 Å². The molecular weight excluding hydrogens is 254 g/mol. The van der Waals surface area contributed by atoms with Crippen LogP contribution in [0.15, 0.2) is 22.8 Å². The third kappa shape index (κ3) is 3.31. The van der Waals surface area contributed by atoms with E-state index in [1.807, 2.05) is 0 Å². The highest BCUT2D eigenvalue weighted by atomic mass is 79.9. The Hall–Kier alpha value is -0.550. The summed E-state index contributed by atoms with van der Waals surface area (Å²) < 4.78 is 26.3. The minimum atomic E-state index is -2.87. The van der Waals surface area contributed by atoms with E-state index in [-0.39, 0.29) is 6.42 Å². The first kappa shape index (κ1) is 11.5. The minimum absolute atomic E-state index is 0.0801. The number of aromatic nitrogens is 1. The Morgan fingerprint density at radius 1 is 1.57 bits per heavy atom. The first-order chi connectivity index (χ1) is 6.39. The fourth-order valence-corrected chi connectivity index (χ4v) is 1.17. The largest absolute Gasteiger partial charge is 0.322 e. The third-order valence-electron chi connectivity index (χ3n) is 1.87. The molecule has 0 aromatic carbocycles. The second-order valence-corrected chi connectivity index (χ2v) is 4.15. The van der Waals surface area contributed by atoms with Crippen molar-refractivity contribution in [2.45, 2.75) is 25.3 Å². The quantitative estimate of drug-likeness (QED) is 0.911. The Balaban J connectivity index is 2.65. The van der Waals surface area contributed by atoms with E-state index in [2.05, 4.69) is 20.9 Å². The number of alkyl halides is 2. The number of halogens is 3. The van der Waals surface area contributed by atoms with Crippen LogP contribution in [0.1, 0.15) is 12.6 Å². The molecule has 1 heterocycles. The van der Waals surface area contributed by atoms with Gasteiger partial charge >= 0.3 is 0 Å². The van der Waals surface area contributed by atoms with Crippen LogP contribution in [-0.2, 0) is 6.42 Å². The van der Waals surface area contributed by atoms with E-state index in [1.165, 1.54) is 0 Å². The standard InChI is InChI=1S/C9H11BrF2N2/c1-9(11,12)8(13)4-7-3-2-6(10)5-14-7/h2-3,5,8H,4,13H2,1H3. The van der Waals surface area contributed by atoms with Crippen molar-refractivity contribution in [3.05, 3.63) is 28.5 Å². The molecule has 0 spiro atoms. The predicted octanol–water partition coefficient (Wildman–Crippen LogP) is 2.37. The lowest BCUT2D eigenvalue weighted by Gasteiger charge is -2.18. The van der Waals surface area contributed by atoms with Crippen LogP contribution in [0, 0.1) is 0 Å². The molecule has 1 atom stereocenters. The van der Waals surface area contributed by atoms with Crippen molar-refractivity contribution in [2.75, 3.05) is 0 Å². The van der Waals surface area contributed by atoms with E-state index in [0.29, 0.717) is 5.69 Å². The van der Waals surface area contributed by atoms with E-state index in [1.54, 1.807) is 18.3 Å². The van der Waals surface area contributed by atoms with Crippen molar-refractivity contribution in [1.82, 2.24) is 4.98 Å². The Morgan fingerprint density at radius 3 is 2.64 bits per heavy atom. The molecule has 1 unspecified atom stereocenters. The molecule has 1 rings (SSSR count). The van der Waals surface area contributed by atoms with Crippen molar-refractivity contribution < 1.29 is 8.78 Å². The van der Waals surface area contributed by atoms with Gasteiger partial charge in [-0.15, -0.1) is 0 Å². The van der Waals surface area contributed by atoms with Gasteiger partial charge in [0.05, 0.1) is 6.04 Å².